The molecular formula is C19H24N2O4. The number of hydrogen-bond donors (Lipinski definition) is 2. The first kappa shape index (κ1) is 18.4. The lowest BCUT2D eigenvalue weighted by atomic mass is 10.1. The zero-order valence-electron chi connectivity index (χ0n) is 14.8. The van der Waals surface area contributed by atoms with Crippen LogP contribution in [0.1, 0.15) is 11.1 Å². The monoisotopic (exact) mass is 344 g/mol. The summed E-state index contributed by atoms with van der Waals surface area (Å²) in [6, 6.07) is 13.1. The molecule has 0 unspecified atom stereocenters. The lowest BCUT2D eigenvalue weighted by Crippen LogP contribution is -2.36. The maximum absolute atomic E-state index is 11.9. The molecule has 0 radical (unpaired) electrons. The van der Waals surface area contributed by atoms with Crippen molar-refractivity contribution in [2.75, 3.05) is 27.9 Å². The number of carbonyl (C=O) groups excluding carboxylic acids is 1. The van der Waals surface area contributed by atoms with Crippen LogP contribution in [0, 0.1) is 0 Å². The molecule has 2 rings (SSSR count). The van der Waals surface area contributed by atoms with E-state index in [0.717, 1.165) is 16.9 Å². The van der Waals surface area contributed by atoms with Crippen LogP contribution >= 0.6 is 0 Å². The van der Waals surface area contributed by atoms with E-state index in [4.69, 9.17) is 14.2 Å². The fourth-order valence-corrected chi connectivity index (χ4v) is 2.46. The van der Waals surface area contributed by atoms with Gasteiger partial charge in [0.2, 0.25) is 0 Å². The van der Waals surface area contributed by atoms with Crippen LogP contribution in [0.15, 0.2) is 42.5 Å². The maximum atomic E-state index is 11.9. The fourth-order valence-electron chi connectivity index (χ4n) is 2.46. The van der Waals surface area contributed by atoms with Crippen LogP contribution in [0.5, 0.6) is 17.2 Å². The van der Waals surface area contributed by atoms with Crippen molar-refractivity contribution in [2.24, 2.45) is 0 Å². The Kier molecular flexibility index (Phi) is 6.95. The molecule has 6 nitrogen and oxygen atoms in total. The largest absolute Gasteiger partial charge is 0.496 e. The number of hydrogen-bond acceptors (Lipinski definition) is 4. The van der Waals surface area contributed by atoms with Gasteiger partial charge in [-0.2, -0.15) is 0 Å². The highest BCUT2D eigenvalue weighted by Gasteiger charge is 2.06. The van der Waals surface area contributed by atoms with Gasteiger partial charge in [-0.1, -0.05) is 24.3 Å². The van der Waals surface area contributed by atoms with E-state index < -0.39 is 0 Å². The SMILES string of the molecule is COc1ccccc1CCNC(=O)NCc1ccc(OC)c(OC)c1. The molecule has 2 N–H and O–H groups in total. The molecule has 0 aliphatic rings. The second-order valence-electron chi connectivity index (χ2n) is 5.36. The number of rotatable bonds is 8. The molecule has 0 atom stereocenters. The average Bonchev–Trinajstić information content (AvgIpc) is 2.66. The Morgan fingerprint density at radius 3 is 2.32 bits per heavy atom. The topological polar surface area (TPSA) is 68.8 Å². The Morgan fingerprint density at radius 1 is 0.880 bits per heavy atom. The van der Waals surface area contributed by atoms with Crippen molar-refractivity contribution >= 4 is 6.03 Å². The normalized spacial score (nSPS) is 10.0. The molecule has 0 aliphatic heterocycles. The first-order chi connectivity index (χ1) is 12.2. The molecule has 0 aromatic heterocycles. The molecule has 25 heavy (non-hydrogen) atoms. The van der Waals surface area contributed by atoms with Crippen LogP contribution < -0.4 is 24.8 Å². The second kappa shape index (κ2) is 9.42. The van der Waals surface area contributed by atoms with Crippen LogP contribution in [0.4, 0.5) is 4.79 Å². The van der Waals surface area contributed by atoms with Crippen molar-refractivity contribution in [3.8, 4) is 17.2 Å². The lowest BCUT2D eigenvalue weighted by Gasteiger charge is -2.11. The molecule has 0 spiro atoms. The van der Waals surface area contributed by atoms with E-state index in [9.17, 15) is 4.79 Å². The van der Waals surface area contributed by atoms with E-state index in [1.807, 2.05) is 42.5 Å². The molecule has 2 amide bonds. The standard InChI is InChI=1S/C19H24N2O4/c1-23-16-7-5-4-6-15(16)10-11-20-19(22)21-13-14-8-9-17(24-2)18(12-14)25-3/h4-9,12H,10-11,13H2,1-3H3,(H2,20,21,22). The van der Waals surface area contributed by atoms with Gasteiger partial charge in [0.15, 0.2) is 11.5 Å². The highest BCUT2D eigenvalue weighted by Crippen LogP contribution is 2.27. The van der Waals surface area contributed by atoms with E-state index >= 15 is 0 Å². The van der Waals surface area contributed by atoms with Crippen molar-refractivity contribution < 1.29 is 19.0 Å². The summed E-state index contributed by atoms with van der Waals surface area (Å²) < 4.78 is 15.7. The third-order valence-corrected chi connectivity index (χ3v) is 3.77. The number of nitrogens with one attached hydrogen (secondary N) is 2. The molecule has 0 bridgehead atoms. The van der Waals surface area contributed by atoms with E-state index in [2.05, 4.69) is 10.6 Å². The van der Waals surface area contributed by atoms with Crippen molar-refractivity contribution in [3.63, 3.8) is 0 Å². The van der Waals surface area contributed by atoms with Gasteiger partial charge in [-0.25, -0.2) is 4.79 Å². The summed E-state index contributed by atoms with van der Waals surface area (Å²) in [5, 5.41) is 5.67. The van der Waals surface area contributed by atoms with Gasteiger partial charge in [0.25, 0.3) is 0 Å². The number of carbonyl (C=O) groups is 1. The van der Waals surface area contributed by atoms with E-state index in [1.54, 1.807) is 21.3 Å². The predicted molar refractivity (Wildman–Crippen MR) is 96.5 cm³/mol. The minimum absolute atomic E-state index is 0.218. The van der Waals surface area contributed by atoms with Crippen LogP contribution in [0.2, 0.25) is 0 Å². The molecule has 0 fully saturated rings. The summed E-state index contributed by atoms with van der Waals surface area (Å²) in [6.07, 6.45) is 0.702. The van der Waals surface area contributed by atoms with Crippen LogP contribution in [-0.2, 0) is 13.0 Å². The quantitative estimate of drug-likeness (QED) is 0.773. The molecular weight excluding hydrogens is 320 g/mol. The summed E-state index contributed by atoms with van der Waals surface area (Å²) >= 11 is 0. The van der Waals surface area contributed by atoms with Crippen molar-refractivity contribution in [1.82, 2.24) is 10.6 Å². The highest BCUT2D eigenvalue weighted by atomic mass is 16.5. The summed E-state index contributed by atoms with van der Waals surface area (Å²) in [5.41, 5.74) is 1.99. The number of amides is 2. The summed E-state index contributed by atoms with van der Waals surface area (Å²) in [5.74, 6) is 2.13. The third kappa shape index (κ3) is 5.31. The maximum Gasteiger partial charge on any atom is 0.315 e. The first-order valence-corrected chi connectivity index (χ1v) is 8.02. The summed E-state index contributed by atoms with van der Waals surface area (Å²) in [4.78, 5) is 11.9. The van der Waals surface area contributed by atoms with E-state index in [-0.39, 0.29) is 6.03 Å². The predicted octanol–water partition coefficient (Wildman–Crippen LogP) is 2.75. The highest BCUT2D eigenvalue weighted by molar-refractivity contribution is 5.73. The molecule has 134 valence electrons. The van der Waals surface area contributed by atoms with Gasteiger partial charge in [0.05, 0.1) is 21.3 Å². The summed E-state index contributed by atoms with van der Waals surface area (Å²) in [6.45, 7) is 0.930. The fraction of sp³-hybridized carbons (Fsp3) is 0.316. The van der Waals surface area contributed by atoms with Crippen molar-refractivity contribution in [3.05, 3.63) is 53.6 Å². The molecule has 6 heteroatoms. The Morgan fingerprint density at radius 2 is 1.60 bits per heavy atom. The third-order valence-electron chi connectivity index (χ3n) is 3.77. The minimum atomic E-state index is -0.218. The van der Waals surface area contributed by atoms with Gasteiger partial charge in [-0.05, 0) is 35.7 Å². The molecule has 2 aromatic carbocycles. The van der Waals surface area contributed by atoms with E-state index in [0.29, 0.717) is 31.0 Å². The van der Waals surface area contributed by atoms with Gasteiger partial charge >= 0.3 is 6.03 Å². The van der Waals surface area contributed by atoms with Gasteiger partial charge in [0.1, 0.15) is 5.75 Å². The number of methoxy groups -OCH3 is 3. The Balaban J connectivity index is 1.79. The Labute approximate surface area is 148 Å². The minimum Gasteiger partial charge on any atom is -0.496 e. The molecule has 0 heterocycles. The van der Waals surface area contributed by atoms with Crippen LogP contribution in [0.3, 0.4) is 0 Å². The van der Waals surface area contributed by atoms with Gasteiger partial charge in [0, 0.05) is 13.1 Å². The van der Waals surface area contributed by atoms with E-state index in [1.165, 1.54) is 0 Å². The van der Waals surface area contributed by atoms with Gasteiger partial charge in [-0.15, -0.1) is 0 Å². The molecule has 0 saturated heterocycles. The van der Waals surface area contributed by atoms with Crippen molar-refractivity contribution in [2.45, 2.75) is 13.0 Å². The molecule has 0 saturated carbocycles. The zero-order valence-corrected chi connectivity index (χ0v) is 14.8. The zero-order chi connectivity index (χ0) is 18.1. The summed E-state index contributed by atoms with van der Waals surface area (Å²) in [7, 11) is 4.81. The number of ether oxygens (including phenoxy) is 3. The Bertz CT molecular complexity index is 704. The molecule has 0 aliphatic carbocycles. The van der Waals surface area contributed by atoms with Crippen LogP contribution in [-0.4, -0.2) is 33.9 Å². The van der Waals surface area contributed by atoms with Crippen LogP contribution in [0.25, 0.3) is 0 Å². The lowest BCUT2D eigenvalue weighted by molar-refractivity contribution is 0.240. The smallest absolute Gasteiger partial charge is 0.315 e. The number of urea groups is 1. The first-order valence-electron chi connectivity index (χ1n) is 8.02. The van der Waals surface area contributed by atoms with Gasteiger partial charge in [-0.3, -0.25) is 0 Å². The average molecular weight is 344 g/mol. The Hall–Kier alpha value is -2.89. The molecule has 2 aromatic rings. The number of para-hydroxylation sites is 1. The number of benzene rings is 2. The van der Waals surface area contributed by atoms with Crippen molar-refractivity contribution in [1.29, 1.82) is 0 Å². The second-order valence-corrected chi connectivity index (χ2v) is 5.36. The van der Waals surface area contributed by atoms with Gasteiger partial charge < -0.3 is 24.8 Å².